The van der Waals surface area contributed by atoms with Crippen molar-refractivity contribution in [1.82, 2.24) is 20.3 Å². The molecule has 0 spiro atoms. The Morgan fingerprint density at radius 3 is 2.48 bits per heavy atom. The molecule has 4 aromatic rings. The zero-order valence-electron chi connectivity index (χ0n) is 17.2. The molecule has 1 aromatic carbocycles. The van der Waals surface area contributed by atoms with Crippen LogP contribution in [0.25, 0.3) is 22.0 Å². The van der Waals surface area contributed by atoms with Gasteiger partial charge < -0.3 is 24.1 Å². The first-order chi connectivity index (χ1) is 15.0. The molecule has 2 N–H and O–H groups in total. The topological polar surface area (TPSA) is 124 Å². The van der Waals surface area contributed by atoms with E-state index in [0.717, 1.165) is 0 Å². The highest BCUT2D eigenvalue weighted by Crippen LogP contribution is 2.41. The third-order valence-corrected chi connectivity index (χ3v) is 5.32. The van der Waals surface area contributed by atoms with Crippen LogP contribution in [-0.2, 0) is 0 Å². The summed E-state index contributed by atoms with van der Waals surface area (Å²) in [7, 11) is 4.60. The van der Waals surface area contributed by atoms with Gasteiger partial charge in [-0.15, -0.1) is 11.3 Å². The van der Waals surface area contributed by atoms with Gasteiger partial charge in [0.2, 0.25) is 5.75 Å². The molecule has 0 saturated heterocycles. The average molecular weight is 441 g/mol. The van der Waals surface area contributed by atoms with Crippen molar-refractivity contribution >= 4 is 22.9 Å². The van der Waals surface area contributed by atoms with Crippen LogP contribution < -0.4 is 19.5 Å². The Labute approximate surface area is 181 Å². The third kappa shape index (κ3) is 3.94. The monoisotopic (exact) mass is 441 g/mol. The minimum Gasteiger partial charge on any atom is -0.493 e. The lowest BCUT2D eigenvalue weighted by molar-refractivity contribution is 0.102. The van der Waals surface area contributed by atoms with Crippen LogP contribution in [0.2, 0.25) is 0 Å². The number of anilines is 1. The standard InChI is InChI=1S/C20H19N5O5S/c1-10-21-20(30-25-10)18-12(5-6-31-18)22-19(26)14-9-13(23-24-14)11-7-15(27-2)17(29-4)16(8-11)28-3/h5-9H,1-4H3,(H,22,26)(H,23,24). The second-order valence-electron chi connectivity index (χ2n) is 6.35. The number of aryl methyl sites for hydroxylation is 1. The van der Waals surface area contributed by atoms with Crippen LogP contribution in [0.3, 0.4) is 0 Å². The number of benzene rings is 1. The lowest BCUT2D eigenvalue weighted by atomic mass is 10.1. The Morgan fingerprint density at radius 1 is 1.13 bits per heavy atom. The fourth-order valence-corrected chi connectivity index (χ4v) is 3.74. The Bertz CT molecular complexity index is 1200. The summed E-state index contributed by atoms with van der Waals surface area (Å²) in [5.74, 6) is 1.97. The molecule has 0 radical (unpaired) electrons. The van der Waals surface area contributed by atoms with Gasteiger partial charge in [0.15, 0.2) is 17.3 Å². The summed E-state index contributed by atoms with van der Waals surface area (Å²) in [6, 6.07) is 6.93. The van der Waals surface area contributed by atoms with Gasteiger partial charge in [0.05, 0.1) is 32.7 Å². The fraction of sp³-hybridized carbons (Fsp3) is 0.200. The number of H-pyrrole nitrogens is 1. The Hall–Kier alpha value is -3.86. The number of rotatable bonds is 7. The lowest BCUT2D eigenvalue weighted by Crippen LogP contribution is -2.12. The number of aromatic nitrogens is 4. The zero-order valence-corrected chi connectivity index (χ0v) is 18.0. The summed E-state index contributed by atoms with van der Waals surface area (Å²) in [5.41, 5.74) is 2.09. The van der Waals surface area contributed by atoms with Gasteiger partial charge in [-0.3, -0.25) is 9.89 Å². The number of ether oxygens (including phenoxy) is 3. The first kappa shape index (κ1) is 20.4. The Morgan fingerprint density at radius 2 is 1.87 bits per heavy atom. The minimum atomic E-state index is -0.359. The van der Waals surface area contributed by atoms with Gasteiger partial charge >= 0.3 is 0 Å². The number of carbonyl (C=O) groups excluding carboxylic acids is 1. The molecular formula is C20H19N5O5S. The predicted octanol–water partition coefficient (Wildman–Crippen LogP) is 3.77. The van der Waals surface area contributed by atoms with Gasteiger partial charge in [-0.25, -0.2) is 0 Å². The molecule has 0 fully saturated rings. The van der Waals surface area contributed by atoms with Crippen LogP contribution in [0.15, 0.2) is 34.2 Å². The smallest absolute Gasteiger partial charge is 0.273 e. The molecule has 0 bridgehead atoms. The number of amides is 1. The van der Waals surface area contributed by atoms with Crippen molar-refractivity contribution in [2.75, 3.05) is 26.6 Å². The van der Waals surface area contributed by atoms with Gasteiger partial charge in [-0.05, 0) is 36.6 Å². The largest absolute Gasteiger partial charge is 0.493 e. The normalized spacial score (nSPS) is 10.7. The van der Waals surface area contributed by atoms with E-state index >= 15 is 0 Å². The van der Waals surface area contributed by atoms with Crippen LogP contribution in [0.5, 0.6) is 17.2 Å². The van der Waals surface area contributed by atoms with Crippen molar-refractivity contribution < 1.29 is 23.5 Å². The van der Waals surface area contributed by atoms with Crippen LogP contribution >= 0.6 is 11.3 Å². The highest BCUT2D eigenvalue weighted by atomic mass is 32.1. The van der Waals surface area contributed by atoms with E-state index in [-0.39, 0.29) is 11.6 Å². The predicted molar refractivity (Wildman–Crippen MR) is 114 cm³/mol. The summed E-state index contributed by atoms with van der Waals surface area (Å²) in [6.45, 7) is 1.73. The number of nitrogens with zero attached hydrogens (tertiary/aromatic N) is 3. The van der Waals surface area contributed by atoms with Gasteiger partial charge in [-0.2, -0.15) is 10.1 Å². The van der Waals surface area contributed by atoms with Gasteiger partial charge in [-0.1, -0.05) is 5.16 Å². The molecule has 4 rings (SSSR count). The maximum atomic E-state index is 12.8. The molecule has 11 heteroatoms. The first-order valence-corrected chi connectivity index (χ1v) is 9.97. The van der Waals surface area contributed by atoms with Crippen LogP contribution in [0, 0.1) is 6.92 Å². The van der Waals surface area contributed by atoms with Gasteiger partial charge in [0.1, 0.15) is 10.6 Å². The number of hydrogen-bond donors (Lipinski definition) is 2. The van der Waals surface area contributed by atoms with Crippen LogP contribution in [0.4, 0.5) is 5.69 Å². The number of carbonyl (C=O) groups is 1. The van der Waals surface area contributed by atoms with Crippen LogP contribution in [0.1, 0.15) is 16.3 Å². The number of hydrogen-bond acceptors (Lipinski definition) is 9. The number of aromatic amines is 1. The lowest BCUT2D eigenvalue weighted by Gasteiger charge is -2.13. The Balaban J connectivity index is 1.59. The number of methoxy groups -OCH3 is 3. The van der Waals surface area contributed by atoms with Crippen molar-refractivity contribution in [3.05, 3.63) is 41.2 Å². The summed E-state index contributed by atoms with van der Waals surface area (Å²) in [5, 5.41) is 15.5. The van der Waals surface area contributed by atoms with E-state index in [0.29, 0.717) is 50.8 Å². The molecular weight excluding hydrogens is 422 g/mol. The maximum Gasteiger partial charge on any atom is 0.273 e. The van der Waals surface area contributed by atoms with E-state index in [2.05, 4.69) is 25.7 Å². The van der Waals surface area contributed by atoms with Gasteiger partial charge in [0, 0.05) is 5.56 Å². The second kappa shape index (κ2) is 8.48. The molecule has 0 atom stereocenters. The number of thiophene rings is 1. The highest BCUT2D eigenvalue weighted by Gasteiger charge is 2.19. The van der Waals surface area contributed by atoms with E-state index in [1.807, 2.05) is 5.38 Å². The Kier molecular flexibility index (Phi) is 5.58. The molecule has 160 valence electrons. The van der Waals surface area contributed by atoms with Crippen molar-refractivity contribution in [3.8, 4) is 39.3 Å². The molecule has 0 aliphatic heterocycles. The molecule has 0 saturated carbocycles. The van der Waals surface area contributed by atoms with E-state index in [1.54, 1.807) is 31.2 Å². The molecule has 0 aliphatic rings. The first-order valence-electron chi connectivity index (χ1n) is 9.09. The highest BCUT2D eigenvalue weighted by molar-refractivity contribution is 7.14. The van der Waals surface area contributed by atoms with E-state index < -0.39 is 0 Å². The summed E-state index contributed by atoms with van der Waals surface area (Å²) in [6.07, 6.45) is 0. The molecule has 3 aromatic heterocycles. The van der Waals surface area contributed by atoms with E-state index in [1.165, 1.54) is 32.7 Å². The van der Waals surface area contributed by atoms with Crippen LogP contribution in [-0.4, -0.2) is 47.6 Å². The van der Waals surface area contributed by atoms with Crippen molar-refractivity contribution in [2.24, 2.45) is 0 Å². The van der Waals surface area contributed by atoms with Crippen molar-refractivity contribution in [2.45, 2.75) is 6.92 Å². The van der Waals surface area contributed by atoms with E-state index in [4.69, 9.17) is 18.7 Å². The molecule has 0 unspecified atom stereocenters. The molecule has 1 amide bonds. The van der Waals surface area contributed by atoms with Crippen molar-refractivity contribution in [1.29, 1.82) is 0 Å². The maximum absolute atomic E-state index is 12.8. The third-order valence-electron chi connectivity index (χ3n) is 4.42. The summed E-state index contributed by atoms with van der Waals surface area (Å²) >= 11 is 1.39. The minimum absolute atomic E-state index is 0.280. The average Bonchev–Trinajstić information content (AvgIpc) is 3.53. The molecule has 31 heavy (non-hydrogen) atoms. The van der Waals surface area contributed by atoms with Gasteiger partial charge in [0.25, 0.3) is 11.8 Å². The SMILES string of the molecule is COc1cc(-c2cc(C(=O)Nc3ccsc3-c3nc(C)no3)[nH]n2)cc(OC)c1OC. The van der Waals surface area contributed by atoms with Crippen molar-refractivity contribution in [3.63, 3.8) is 0 Å². The molecule has 3 heterocycles. The second-order valence-corrected chi connectivity index (χ2v) is 7.26. The molecule has 0 aliphatic carbocycles. The fourth-order valence-electron chi connectivity index (χ4n) is 2.97. The zero-order chi connectivity index (χ0) is 22.0. The summed E-state index contributed by atoms with van der Waals surface area (Å²) < 4.78 is 21.3. The quantitative estimate of drug-likeness (QED) is 0.444. The number of nitrogens with one attached hydrogen (secondary N) is 2. The molecule has 10 nitrogen and oxygen atoms in total. The van der Waals surface area contributed by atoms with E-state index in [9.17, 15) is 4.79 Å². The summed E-state index contributed by atoms with van der Waals surface area (Å²) in [4.78, 5) is 17.7.